The Morgan fingerprint density at radius 1 is 0.326 bits per heavy atom. The molecule has 0 aromatic heterocycles. The molecule has 0 nitrogen and oxygen atoms in total. The molecule has 0 unspecified atom stereocenters. The van der Waals surface area contributed by atoms with Gasteiger partial charge in [-0.05, 0) is 122 Å². The lowest BCUT2D eigenvalue weighted by molar-refractivity contribution is 1.32. The molecule has 0 atom stereocenters. The molecule has 0 saturated heterocycles. The predicted octanol–water partition coefficient (Wildman–Crippen LogP) is 12.2. The van der Waals surface area contributed by atoms with Crippen molar-refractivity contribution in [3.05, 3.63) is 165 Å². The zero-order valence-electron chi connectivity index (χ0n) is 28.4. The molecule has 0 amide bonds. The first-order valence-corrected chi connectivity index (χ1v) is 16.2. The number of hydrogen-bond acceptors (Lipinski definition) is 0. The van der Waals surface area contributed by atoms with Gasteiger partial charge >= 0.3 is 0 Å². The lowest BCUT2D eigenvalue weighted by Crippen LogP contribution is -1.97. The summed E-state index contributed by atoms with van der Waals surface area (Å²) in [5.74, 6) is 7.62. The monoisotopic (exact) mass is 594 g/mol. The van der Waals surface area contributed by atoms with E-state index in [2.05, 4.69) is 176 Å². The van der Waals surface area contributed by atoms with Crippen LogP contribution in [0.15, 0.2) is 109 Å². The average Bonchev–Trinajstić information content (AvgIpc) is 3.00. The van der Waals surface area contributed by atoms with Gasteiger partial charge in [0.2, 0.25) is 0 Å². The van der Waals surface area contributed by atoms with Crippen LogP contribution in [0.5, 0.6) is 0 Å². The summed E-state index contributed by atoms with van der Waals surface area (Å²) in [4.78, 5) is 0. The van der Waals surface area contributed by atoms with Gasteiger partial charge in [-0.15, -0.1) is 0 Å². The molecule has 0 aliphatic carbocycles. The highest BCUT2D eigenvalue weighted by molar-refractivity contribution is 5.88. The van der Waals surface area contributed by atoms with Gasteiger partial charge in [-0.2, -0.15) is 0 Å². The number of benzene rings is 6. The first-order valence-electron chi connectivity index (χ1n) is 16.2. The highest BCUT2D eigenvalue weighted by Gasteiger charge is 2.17. The molecule has 6 aromatic carbocycles. The van der Waals surface area contributed by atoms with Crippen LogP contribution in [-0.4, -0.2) is 0 Å². The quantitative estimate of drug-likeness (QED) is 0.178. The minimum Gasteiger partial charge on any atom is -0.0609 e. The van der Waals surface area contributed by atoms with E-state index in [-0.39, 0.29) is 0 Å². The van der Waals surface area contributed by atoms with E-state index in [1.165, 1.54) is 77.9 Å². The lowest BCUT2D eigenvalue weighted by Gasteiger charge is -2.18. The minimum absolute atomic E-state index is 1.06. The molecule has 46 heavy (non-hydrogen) atoms. The van der Waals surface area contributed by atoms with E-state index in [0.29, 0.717) is 0 Å². The second kappa shape index (κ2) is 12.7. The van der Waals surface area contributed by atoms with E-state index >= 15 is 0 Å². The van der Waals surface area contributed by atoms with Gasteiger partial charge in [0.25, 0.3) is 0 Å². The van der Waals surface area contributed by atoms with Crippen LogP contribution in [0, 0.1) is 67.2 Å². The molecule has 0 radical (unpaired) electrons. The fraction of sp³-hybridized carbons (Fsp3) is 0.174. The summed E-state index contributed by atoms with van der Waals surface area (Å²) < 4.78 is 0. The Hall–Kier alpha value is -5.12. The van der Waals surface area contributed by atoms with Crippen LogP contribution < -0.4 is 0 Å². The van der Waals surface area contributed by atoms with Gasteiger partial charge in [0, 0.05) is 11.1 Å². The van der Waals surface area contributed by atoms with Crippen LogP contribution in [0.4, 0.5) is 0 Å². The number of aryl methyl sites for hydroxylation is 8. The molecule has 6 rings (SSSR count). The Labute approximate surface area is 275 Å². The van der Waals surface area contributed by atoms with Crippen molar-refractivity contribution in [1.82, 2.24) is 0 Å². The molecule has 0 aliphatic rings. The van der Waals surface area contributed by atoms with Gasteiger partial charge < -0.3 is 0 Å². The molecule has 0 heteroatoms. The van der Waals surface area contributed by atoms with Gasteiger partial charge in [0.05, 0.1) is 0 Å². The Morgan fingerprint density at radius 2 is 0.630 bits per heavy atom. The van der Waals surface area contributed by atoms with Gasteiger partial charge in [-0.3, -0.25) is 0 Å². The van der Waals surface area contributed by atoms with Gasteiger partial charge in [-0.1, -0.05) is 143 Å². The van der Waals surface area contributed by atoms with Gasteiger partial charge in [-0.25, -0.2) is 0 Å². The third kappa shape index (κ3) is 6.07. The summed E-state index contributed by atoms with van der Waals surface area (Å²) >= 11 is 0. The molecule has 0 spiro atoms. The maximum Gasteiger partial charge on any atom is 0.0406 e. The summed E-state index contributed by atoms with van der Waals surface area (Å²) in [7, 11) is 0. The molecule has 0 saturated carbocycles. The molecule has 6 aromatic rings. The van der Waals surface area contributed by atoms with Crippen molar-refractivity contribution in [2.24, 2.45) is 0 Å². The second-order valence-corrected chi connectivity index (χ2v) is 13.0. The van der Waals surface area contributed by atoms with E-state index in [9.17, 15) is 0 Å². The third-order valence-corrected chi connectivity index (χ3v) is 9.06. The van der Waals surface area contributed by atoms with Crippen LogP contribution in [0.3, 0.4) is 0 Å². The van der Waals surface area contributed by atoms with Crippen LogP contribution >= 0.6 is 0 Å². The smallest absolute Gasteiger partial charge is 0.0406 e. The van der Waals surface area contributed by atoms with E-state index in [1.807, 2.05) is 0 Å². The molecule has 0 bridgehead atoms. The average molecular weight is 595 g/mol. The Balaban J connectivity index is 1.68. The van der Waals surface area contributed by atoms with Crippen molar-refractivity contribution in [3.63, 3.8) is 0 Å². The molecule has 0 heterocycles. The summed E-state index contributed by atoms with van der Waals surface area (Å²) in [5.41, 5.74) is 21.8. The largest absolute Gasteiger partial charge is 0.0609 e. The van der Waals surface area contributed by atoms with Crippen molar-refractivity contribution >= 4 is 0 Å². The fourth-order valence-electron chi connectivity index (χ4n) is 7.07. The van der Waals surface area contributed by atoms with Gasteiger partial charge in [0.15, 0.2) is 0 Å². The Bertz CT molecular complexity index is 1940. The van der Waals surface area contributed by atoms with Crippen molar-refractivity contribution in [3.8, 4) is 56.3 Å². The first kappa shape index (κ1) is 30.9. The molecule has 0 fully saturated rings. The molecular formula is C46H42. The Kier molecular flexibility index (Phi) is 8.53. The third-order valence-electron chi connectivity index (χ3n) is 9.06. The number of hydrogen-bond donors (Lipinski definition) is 0. The lowest BCUT2D eigenvalue weighted by atomic mass is 9.85. The van der Waals surface area contributed by atoms with Crippen molar-refractivity contribution < 1.29 is 0 Å². The van der Waals surface area contributed by atoms with Crippen LogP contribution in [0.25, 0.3) is 44.5 Å². The maximum absolute atomic E-state index is 3.81. The Morgan fingerprint density at radius 3 is 0.957 bits per heavy atom. The molecule has 0 aliphatic heterocycles. The van der Waals surface area contributed by atoms with Crippen molar-refractivity contribution in [1.29, 1.82) is 0 Å². The molecule has 0 N–H and O–H groups in total. The van der Waals surface area contributed by atoms with Gasteiger partial charge in [0.1, 0.15) is 0 Å². The van der Waals surface area contributed by atoms with Crippen LogP contribution in [0.1, 0.15) is 55.6 Å². The molecule has 226 valence electrons. The van der Waals surface area contributed by atoms with Crippen molar-refractivity contribution in [2.45, 2.75) is 55.4 Å². The first-order chi connectivity index (χ1) is 22.1. The SMILES string of the molecule is Cc1ccc(-c2cccc(-c3c(C)cc(C)cc3C)c2C#Cc2c(-c3ccc(C)cc3)cccc2-c2c(C)cc(C)cc2C)cc1. The highest BCUT2D eigenvalue weighted by atomic mass is 14.2. The standard InChI is InChI=1S/C46H42/c1-29-15-19-37(20-16-29)39-11-9-13-43(45-33(5)25-31(3)26-34(45)6)41(39)23-24-42-40(38-21-17-30(2)18-22-38)12-10-14-44(42)46-35(7)27-32(4)28-36(46)8/h9-22,25-28H,1-8H3. The van der Waals surface area contributed by atoms with Crippen LogP contribution in [0.2, 0.25) is 0 Å². The molecular weight excluding hydrogens is 553 g/mol. The zero-order chi connectivity index (χ0) is 32.5. The van der Waals surface area contributed by atoms with E-state index in [0.717, 1.165) is 22.3 Å². The summed E-state index contributed by atoms with van der Waals surface area (Å²) in [6.45, 7) is 17.5. The summed E-state index contributed by atoms with van der Waals surface area (Å²) in [5, 5.41) is 0. The predicted molar refractivity (Wildman–Crippen MR) is 199 cm³/mol. The second-order valence-electron chi connectivity index (χ2n) is 13.0. The van der Waals surface area contributed by atoms with E-state index < -0.39 is 0 Å². The minimum atomic E-state index is 1.06. The number of rotatable bonds is 4. The van der Waals surface area contributed by atoms with E-state index in [1.54, 1.807) is 0 Å². The zero-order valence-corrected chi connectivity index (χ0v) is 28.4. The summed E-state index contributed by atoms with van der Waals surface area (Å²) in [6.07, 6.45) is 0. The van der Waals surface area contributed by atoms with Crippen molar-refractivity contribution in [2.75, 3.05) is 0 Å². The van der Waals surface area contributed by atoms with Crippen LogP contribution in [-0.2, 0) is 0 Å². The maximum atomic E-state index is 3.81. The normalized spacial score (nSPS) is 10.9. The highest BCUT2D eigenvalue weighted by Crippen LogP contribution is 2.38. The van der Waals surface area contributed by atoms with E-state index in [4.69, 9.17) is 0 Å². The fourth-order valence-corrected chi connectivity index (χ4v) is 7.07. The topological polar surface area (TPSA) is 0 Å². The summed E-state index contributed by atoms with van der Waals surface area (Å²) in [6, 6.07) is 40.1.